The van der Waals surface area contributed by atoms with Crippen LogP contribution in [0.2, 0.25) is 0 Å². The Morgan fingerprint density at radius 3 is 1.50 bits per heavy atom. The normalized spacial score (nSPS) is 40.6. The van der Waals surface area contributed by atoms with E-state index in [1.165, 1.54) is 0 Å². The molecule has 0 saturated heterocycles. The van der Waals surface area contributed by atoms with Crippen molar-refractivity contribution < 1.29 is 19.1 Å². The largest absolute Gasteiger partial charge is 0.446 e. The molecule has 0 bridgehead atoms. The average Bonchev–Trinajstić information content (AvgIpc) is 2.70. The number of esters is 2. The van der Waals surface area contributed by atoms with Gasteiger partial charge in [-0.1, -0.05) is 0 Å². The number of ether oxygens (including phenoxy) is 2. The summed E-state index contributed by atoms with van der Waals surface area (Å²) in [6.45, 7) is 0. The molecule has 3 rings (SSSR count). The van der Waals surface area contributed by atoms with E-state index in [4.69, 9.17) is 9.47 Å². The van der Waals surface area contributed by atoms with Crippen LogP contribution in [-0.2, 0) is 19.1 Å². The van der Waals surface area contributed by atoms with Crippen LogP contribution >= 0.6 is 31.9 Å². The van der Waals surface area contributed by atoms with Crippen molar-refractivity contribution in [3.63, 3.8) is 0 Å². The predicted molar refractivity (Wildman–Crippen MR) is 60.9 cm³/mol. The number of carbonyl (C=O) groups excluding carboxylic acids is 2. The van der Waals surface area contributed by atoms with Crippen molar-refractivity contribution in [2.45, 2.75) is 24.0 Å². The summed E-state index contributed by atoms with van der Waals surface area (Å²) in [5.41, 5.74) is -1.62. The molecule has 2 unspecified atom stereocenters. The molecule has 0 aromatic carbocycles. The van der Waals surface area contributed by atoms with Crippen LogP contribution < -0.4 is 0 Å². The molecular weight excluding hydrogens is 344 g/mol. The lowest BCUT2D eigenvalue weighted by Gasteiger charge is -2.50. The number of rotatable bonds is 0. The van der Waals surface area contributed by atoms with Gasteiger partial charge in [0.2, 0.25) is 0 Å². The molecule has 2 spiro atoms. The first-order chi connectivity index (χ1) is 7.48. The average molecular weight is 350 g/mol. The van der Waals surface area contributed by atoms with Crippen molar-refractivity contribution in [1.29, 1.82) is 0 Å². The third-order valence-electron chi connectivity index (χ3n) is 3.24. The van der Waals surface area contributed by atoms with Crippen LogP contribution in [0.4, 0.5) is 0 Å². The molecule has 16 heavy (non-hydrogen) atoms. The van der Waals surface area contributed by atoms with E-state index in [1.807, 2.05) is 0 Å². The minimum absolute atomic E-state index is 0.388. The Bertz CT molecular complexity index is 437. The first-order valence-corrected chi connectivity index (χ1v) is 6.30. The summed E-state index contributed by atoms with van der Waals surface area (Å²) >= 11 is 6.26. The van der Waals surface area contributed by atoms with Gasteiger partial charge in [0.05, 0.1) is 0 Å². The molecule has 0 aromatic heterocycles. The summed E-state index contributed by atoms with van der Waals surface area (Å²) < 4.78 is 11.4. The van der Waals surface area contributed by atoms with Crippen LogP contribution in [0.15, 0.2) is 21.1 Å². The molecule has 2 heterocycles. The van der Waals surface area contributed by atoms with E-state index in [0.29, 0.717) is 21.8 Å². The molecule has 0 N–H and O–H groups in total. The van der Waals surface area contributed by atoms with Crippen LogP contribution in [-0.4, -0.2) is 23.1 Å². The molecule has 0 aromatic rings. The van der Waals surface area contributed by atoms with Gasteiger partial charge >= 0.3 is 11.9 Å². The third kappa shape index (κ3) is 1.09. The van der Waals surface area contributed by atoms with Crippen LogP contribution in [0.25, 0.3) is 0 Å². The number of carbonyl (C=O) groups is 2. The van der Waals surface area contributed by atoms with E-state index >= 15 is 0 Å². The van der Waals surface area contributed by atoms with Gasteiger partial charge in [0, 0.05) is 0 Å². The van der Waals surface area contributed by atoms with E-state index in [2.05, 4.69) is 31.9 Å². The van der Waals surface area contributed by atoms with E-state index in [-0.39, 0.29) is 0 Å². The maximum absolute atomic E-state index is 11.4. The van der Waals surface area contributed by atoms with Crippen molar-refractivity contribution in [2.24, 2.45) is 0 Å². The predicted octanol–water partition coefficient (Wildman–Crippen LogP) is 1.93. The summed E-state index contributed by atoms with van der Waals surface area (Å²) in [6.07, 6.45) is 4.71. The maximum atomic E-state index is 11.4. The van der Waals surface area contributed by atoms with Crippen LogP contribution in [0.5, 0.6) is 0 Å². The molecule has 2 atom stereocenters. The fourth-order valence-corrected chi connectivity index (χ4v) is 3.20. The summed E-state index contributed by atoms with van der Waals surface area (Å²) in [5.74, 6) is -0.821. The van der Waals surface area contributed by atoms with Gasteiger partial charge in [-0.2, -0.15) is 0 Å². The number of fused-ring (bicyclic) bond motifs is 1. The molecule has 1 fully saturated rings. The zero-order valence-corrected chi connectivity index (χ0v) is 11.1. The molecule has 4 nitrogen and oxygen atoms in total. The Morgan fingerprint density at radius 1 is 0.938 bits per heavy atom. The summed E-state index contributed by atoms with van der Waals surface area (Å²) in [4.78, 5) is 22.8. The third-order valence-corrected chi connectivity index (χ3v) is 4.35. The van der Waals surface area contributed by atoms with E-state index in [1.54, 1.807) is 12.2 Å². The molecule has 84 valence electrons. The zero-order chi connectivity index (χ0) is 11.6. The Balaban J connectivity index is 2.02. The van der Waals surface area contributed by atoms with E-state index < -0.39 is 23.1 Å². The molecule has 1 saturated carbocycles. The quantitative estimate of drug-likeness (QED) is 0.627. The van der Waals surface area contributed by atoms with Gasteiger partial charge < -0.3 is 9.47 Å². The minimum Gasteiger partial charge on any atom is -0.446 e. The Kier molecular flexibility index (Phi) is 1.96. The van der Waals surface area contributed by atoms with Crippen LogP contribution in [0.3, 0.4) is 0 Å². The number of hydrogen-bond acceptors (Lipinski definition) is 4. The Labute approximate surface area is 108 Å². The van der Waals surface area contributed by atoms with Crippen LogP contribution in [0.1, 0.15) is 12.8 Å². The SMILES string of the molecule is O=C1OC2(C=C1Br)CCC21C=C(Br)C(=O)O1. The van der Waals surface area contributed by atoms with Crippen molar-refractivity contribution in [3.8, 4) is 0 Å². The second-order valence-electron chi connectivity index (χ2n) is 4.04. The Hall–Kier alpha value is -0.620. The standard InChI is InChI=1S/C10H6Br2O4/c11-5-3-9(15-7(5)13)1-2-10(9)4-6(12)8(14)16-10/h3-4H,1-2H2. The second-order valence-corrected chi connectivity index (χ2v) is 5.75. The van der Waals surface area contributed by atoms with E-state index in [9.17, 15) is 9.59 Å². The summed E-state index contributed by atoms with van der Waals surface area (Å²) in [7, 11) is 0. The van der Waals surface area contributed by atoms with Gasteiger partial charge in [-0.25, -0.2) is 9.59 Å². The fourth-order valence-electron chi connectivity index (χ4n) is 2.30. The monoisotopic (exact) mass is 348 g/mol. The fraction of sp³-hybridized carbons (Fsp3) is 0.400. The summed E-state index contributed by atoms with van der Waals surface area (Å²) in [5, 5.41) is 0. The first kappa shape index (κ1) is 10.5. The molecule has 0 radical (unpaired) electrons. The van der Waals surface area contributed by atoms with Crippen molar-refractivity contribution in [1.82, 2.24) is 0 Å². The van der Waals surface area contributed by atoms with Crippen molar-refractivity contribution in [2.75, 3.05) is 0 Å². The maximum Gasteiger partial charge on any atom is 0.346 e. The highest BCUT2D eigenvalue weighted by Crippen LogP contribution is 2.56. The molecule has 6 heteroatoms. The first-order valence-electron chi connectivity index (χ1n) is 4.71. The molecule has 3 aliphatic rings. The zero-order valence-electron chi connectivity index (χ0n) is 7.96. The molecule has 1 aliphatic carbocycles. The molecular formula is C10H6Br2O4. The van der Waals surface area contributed by atoms with E-state index in [0.717, 1.165) is 0 Å². The lowest BCUT2D eigenvalue weighted by Crippen LogP contribution is -2.61. The second kappa shape index (κ2) is 2.98. The van der Waals surface area contributed by atoms with Crippen molar-refractivity contribution in [3.05, 3.63) is 21.1 Å². The number of hydrogen-bond donors (Lipinski definition) is 0. The number of halogens is 2. The van der Waals surface area contributed by atoms with Crippen LogP contribution in [0, 0.1) is 0 Å². The highest BCUT2D eigenvalue weighted by molar-refractivity contribution is 9.12. The Morgan fingerprint density at radius 2 is 1.31 bits per heavy atom. The van der Waals surface area contributed by atoms with Gasteiger partial charge in [-0.05, 0) is 56.9 Å². The smallest absolute Gasteiger partial charge is 0.346 e. The molecule has 2 aliphatic heterocycles. The van der Waals surface area contributed by atoms with Gasteiger partial charge in [0.25, 0.3) is 0 Å². The minimum atomic E-state index is -0.811. The van der Waals surface area contributed by atoms with Gasteiger partial charge in [-0.3, -0.25) is 0 Å². The van der Waals surface area contributed by atoms with Gasteiger partial charge in [-0.15, -0.1) is 0 Å². The lowest BCUT2D eigenvalue weighted by molar-refractivity contribution is -0.206. The highest BCUT2D eigenvalue weighted by atomic mass is 79.9. The lowest BCUT2D eigenvalue weighted by atomic mass is 9.65. The topological polar surface area (TPSA) is 52.6 Å². The summed E-state index contributed by atoms with van der Waals surface area (Å²) in [6, 6.07) is 0. The van der Waals surface area contributed by atoms with Gasteiger partial charge in [0.1, 0.15) is 8.96 Å². The van der Waals surface area contributed by atoms with Crippen molar-refractivity contribution >= 4 is 43.8 Å². The van der Waals surface area contributed by atoms with Gasteiger partial charge in [0.15, 0.2) is 11.2 Å². The molecule has 0 amide bonds. The highest BCUT2D eigenvalue weighted by Gasteiger charge is 2.67.